The topological polar surface area (TPSA) is 18.5 Å². The van der Waals surface area contributed by atoms with Gasteiger partial charge in [0.2, 0.25) is 0 Å². The Morgan fingerprint density at radius 2 is 2.12 bits per heavy atom. The second-order valence-corrected chi connectivity index (χ2v) is 5.35. The molecular formula is C15H22O2. The first-order valence-electron chi connectivity index (χ1n) is 6.45. The van der Waals surface area contributed by atoms with E-state index in [2.05, 4.69) is 32.9 Å². The van der Waals surface area contributed by atoms with Crippen LogP contribution in [0.5, 0.6) is 11.5 Å². The summed E-state index contributed by atoms with van der Waals surface area (Å²) in [6.45, 7) is 6.50. The molecule has 2 heteroatoms. The van der Waals surface area contributed by atoms with Crippen LogP contribution in [0.4, 0.5) is 0 Å². The van der Waals surface area contributed by atoms with Gasteiger partial charge in [-0.25, -0.2) is 0 Å². The maximum Gasteiger partial charge on any atom is 0.130 e. The second-order valence-electron chi connectivity index (χ2n) is 5.35. The summed E-state index contributed by atoms with van der Waals surface area (Å²) in [4.78, 5) is 0. The summed E-state index contributed by atoms with van der Waals surface area (Å²) in [5.74, 6) is 2.03. The van der Waals surface area contributed by atoms with Crippen molar-refractivity contribution in [1.29, 1.82) is 0 Å². The van der Waals surface area contributed by atoms with Crippen LogP contribution >= 0.6 is 0 Å². The fraction of sp³-hybridized carbons (Fsp3) is 0.600. The van der Waals surface area contributed by atoms with Crippen LogP contribution in [0.25, 0.3) is 0 Å². The van der Waals surface area contributed by atoms with Crippen molar-refractivity contribution in [3.05, 3.63) is 23.3 Å². The van der Waals surface area contributed by atoms with Crippen LogP contribution in [0.2, 0.25) is 0 Å². The van der Waals surface area contributed by atoms with E-state index in [-0.39, 0.29) is 5.60 Å². The van der Waals surface area contributed by atoms with E-state index < -0.39 is 0 Å². The van der Waals surface area contributed by atoms with Crippen molar-refractivity contribution in [2.45, 2.75) is 52.1 Å². The predicted molar refractivity (Wildman–Crippen MR) is 70.0 cm³/mol. The van der Waals surface area contributed by atoms with Gasteiger partial charge in [0.15, 0.2) is 0 Å². The molecule has 0 unspecified atom stereocenters. The number of ether oxygens (including phenoxy) is 2. The maximum atomic E-state index is 6.17. The summed E-state index contributed by atoms with van der Waals surface area (Å²) >= 11 is 0. The van der Waals surface area contributed by atoms with Crippen molar-refractivity contribution in [3.8, 4) is 11.5 Å². The van der Waals surface area contributed by atoms with Crippen molar-refractivity contribution in [2.24, 2.45) is 0 Å². The number of aryl methyl sites for hydroxylation is 1. The molecule has 0 aromatic heterocycles. The first kappa shape index (κ1) is 12.3. The Labute approximate surface area is 104 Å². The molecule has 0 bridgehead atoms. The van der Waals surface area contributed by atoms with Crippen LogP contribution in [0.1, 0.15) is 44.7 Å². The van der Waals surface area contributed by atoms with Crippen LogP contribution < -0.4 is 9.47 Å². The standard InChI is InChI=1S/C15H22O2/c1-5-6-12-13(16-4)8-7-11-9-10-15(2,3)17-14(11)12/h7-8H,5-6,9-10H2,1-4H3. The molecule has 0 radical (unpaired) electrons. The van der Waals surface area contributed by atoms with Crippen LogP contribution in [-0.4, -0.2) is 12.7 Å². The van der Waals surface area contributed by atoms with Crippen LogP contribution in [0.3, 0.4) is 0 Å². The van der Waals surface area contributed by atoms with Gasteiger partial charge in [-0.3, -0.25) is 0 Å². The van der Waals surface area contributed by atoms with Crippen molar-refractivity contribution in [3.63, 3.8) is 0 Å². The van der Waals surface area contributed by atoms with Gasteiger partial charge in [0, 0.05) is 5.56 Å². The first-order valence-corrected chi connectivity index (χ1v) is 6.45. The number of hydrogen-bond donors (Lipinski definition) is 0. The van der Waals surface area contributed by atoms with Crippen LogP contribution in [0.15, 0.2) is 12.1 Å². The third-order valence-corrected chi connectivity index (χ3v) is 3.39. The monoisotopic (exact) mass is 234 g/mol. The minimum Gasteiger partial charge on any atom is -0.496 e. The van der Waals surface area contributed by atoms with E-state index in [1.54, 1.807) is 7.11 Å². The minimum atomic E-state index is -0.0537. The zero-order chi connectivity index (χ0) is 12.5. The SMILES string of the molecule is CCCc1c(OC)ccc2c1OC(C)(C)CC2. The molecule has 1 aromatic carbocycles. The highest BCUT2D eigenvalue weighted by Gasteiger charge is 2.29. The van der Waals surface area contributed by atoms with Gasteiger partial charge < -0.3 is 9.47 Å². The molecule has 17 heavy (non-hydrogen) atoms. The van der Waals surface area contributed by atoms with Gasteiger partial charge in [0.1, 0.15) is 17.1 Å². The number of rotatable bonds is 3. The first-order chi connectivity index (χ1) is 8.07. The molecule has 1 aliphatic rings. The summed E-state index contributed by atoms with van der Waals surface area (Å²) in [7, 11) is 1.73. The molecule has 1 aromatic rings. The zero-order valence-corrected chi connectivity index (χ0v) is 11.3. The van der Waals surface area contributed by atoms with Gasteiger partial charge in [-0.15, -0.1) is 0 Å². The third-order valence-electron chi connectivity index (χ3n) is 3.39. The number of benzene rings is 1. The number of methoxy groups -OCH3 is 1. The van der Waals surface area contributed by atoms with E-state index in [1.165, 1.54) is 11.1 Å². The highest BCUT2D eigenvalue weighted by Crippen LogP contribution is 2.40. The van der Waals surface area contributed by atoms with E-state index >= 15 is 0 Å². The summed E-state index contributed by atoms with van der Waals surface area (Å²) in [5.41, 5.74) is 2.51. The van der Waals surface area contributed by atoms with Crippen LogP contribution in [0, 0.1) is 0 Å². The molecule has 0 saturated carbocycles. The lowest BCUT2D eigenvalue weighted by Gasteiger charge is -2.34. The largest absolute Gasteiger partial charge is 0.496 e. The Morgan fingerprint density at radius 3 is 2.76 bits per heavy atom. The highest BCUT2D eigenvalue weighted by molar-refractivity contribution is 5.51. The lowest BCUT2D eigenvalue weighted by atomic mass is 9.91. The Morgan fingerprint density at radius 1 is 1.35 bits per heavy atom. The zero-order valence-electron chi connectivity index (χ0n) is 11.3. The average Bonchev–Trinajstić information content (AvgIpc) is 2.29. The van der Waals surface area contributed by atoms with Crippen LogP contribution in [-0.2, 0) is 12.8 Å². The second kappa shape index (κ2) is 4.59. The molecule has 94 valence electrons. The predicted octanol–water partition coefficient (Wildman–Crippen LogP) is 3.75. The van der Waals surface area contributed by atoms with E-state index in [0.29, 0.717) is 0 Å². The average molecular weight is 234 g/mol. The summed E-state index contributed by atoms with van der Waals surface area (Å²) in [6, 6.07) is 4.22. The minimum absolute atomic E-state index is 0.0537. The van der Waals surface area contributed by atoms with Crippen molar-refractivity contribution in [1.82, 2.24) is 0 Å². The van der Waals surface area contributed by atoms with Gasteiger partial charge in [0.05, 0.1) is 7.11 Å². The van der Waals surface area contributed by atoms with Crippen molar-refractivity contribution < 1.29 is 9.47 Å². The van der Waals surface area contributed by atoms with Crippen molar-refractivity contribution >= 4 is 0 Å². The normalized spacial score (nSPS) is 17.2. The molecule has 1 aliphatic heterocycles. The molecular weight excluding hydrogens is 212 g/mol. The Hall–Kier alpha value is -1.18. The van der Waals surface area contributed by atoms with Gasteiger partial charge in [-0.1, -0.05) is 19.4 Å². The Balaban J connectivity index is 2.47. The molecule has 0 fully saturated rings. The third kappa shape index (κ3) is 2.41. The van der Waals surface area contributed by atoms with Crippen molar-refractivity contribution in [2.75, 3.05) is 7.11 Å². The molecule has 0 aliphatic carbocycles. The quantitative estimate of drug-likeness (QED) is 0.793. The molecule has 2 nitrogen and oxygen atoms in total. The molecule has 0 atom stereocenters. The number of fused-ring (bicyclic) bond motifs is 1. The fourth-order valence-electron chi connectivity index (χ4n) is 2.42. The summed E-state index contributed by atoms with van der Waals surface area (Å²) < 4.78 is 11.6. The van der Waals surface area contributed by atoms with Gasteiger partial charge in [-0.2, -0.15) is 0 Å². The van der Waals surface area contributed by atoms with E-state index in [0.717, 1.165) is 37.2 Å². The summed E-state index contributed by atoms with van der Waals surface area (Å²) in [6.07, 6.45) is 4.31. The molecule has 0 spiro atoms. The van der Waals surface area contributed by atoms with E-state index in [4.69, 9.17) is 9.47 Å². The fourth-order valence-corrected chi connectivity index (χ4v) is 2.42. The highest BCUT2D eigenvalue weighted by atomic mass is 16.5. The lowest BCUT2D eigenvalue weighted by Crippen LogP contribution is -2.33. The molecule has 0 saturated heterocycles. The smallest absolute Gasteiger partial charge is 0.130 e. The summed E-state index contributed by atoms with van der Waals surface area (Å²) in [5, 5.41) is 0. The maximum absolute atomic E-state index is 6.17. The van der Waals surface area contributed by atoms with Gasteiger partial charge >= 0.3 is 0 Å². The molecule has 2 rings (SSSR count). The van der Waals surface area contributed by atoms with E-state index in [1.807, 2.05) is 0 Å². The van der Waals surface area contributed by atoms with E-state index in [9.17, 15) is 0 Å². The number of hydrogen-bond acceptors (Lipinski definition) is 2. The lowest BCUT2D eigenvalue weighted by molar-refractivity contribution is 0.0828. The molecule has 0 amide bonds. The Bertz CT molecular complexity index is 408. The van der Waals surface area contributed by atoms with Gasteiger partial charge in [0.25, 0.3) is 0 Å². The molecule has 1 heterocycles. The molecule has 0 N–H and O–H groups in total. The Kier molecular flexibility index (Phi) is 3.32. The van der Waals surface area contributed by atoms with Gasteiger partial charge in [-0.05, 0) is 44.7 Å².